The van der Waals surface area contributed by atoms with E-state index in [9.17, 15) is 0 Å². The van der Waals surface area contributed by atoms with Gasteiger partial charge >= 0.3 is 0 Å². The molecule has 0 amide bonds. The molecule has 5 heteroatoms. The molecule has 4 nitrogen and oxygen atoms in total. The Hall–Kier alpha value is -1.43. The van der Waals surface area contributed by atoms with Gasteiger partial charge in [0, 0.05) is 12.4 Å². The van der Waals surface area contributed by atoms with E-state index in [2.05, 4.69) is 53.6 Å². The van der Waals surface area contributed by atoms with E-state index in [1.54, 1.807) is 0 Å². The van der Waals surface area contributed by atoms with Crippen LogP contribution >= 0.6 is 12.2 Å². The second kappa shape index (κ2) is 6.13. The molecule has 1 saturated heterocycles. The van der Waals surface area contributed by atoms with Crippen molar-refractivity contribution in [3.63, 3.8) is 0 Å². The first-order chi connectivity index (χ1) is 10.2. The normalized spacial score (nSPS) is 16.3. The predicted molar refractivity (Wildman–Crippen MR) is 85.6 cm³/mol. The zero-order valence-electron chi connectivity index (χ0n) is 12.6. The van der Waals surface area contributed by atoms with Crippen LogP contribution < -0.4 is 4.90 Å². The molecule has 2 aromatic rings. The highest BCUT2D eigenvalue weighted by Crippen LogP contribution is 2.18. The minimum absolute atomic E-state index is 0.848. The molecule has 0 unspecified atom stereocenters. The summed E-state index contributed by atoms with van der Waals surface area (Å²) in [6, 6.07) is 6.35. The highest BCUT2D eigenvalue weighted by molar-refractivity contribution is 7.71. The minimum Gasteiger partial charge on any atom is -0.370 e. The summed E-state index contributed by atoms with van der Waals surface area (Å²) < 4.78 is 10.5. The highest BCUT2D eigenvalue weighted by Gasteiger charge is 2.15. The number of imidazole rings is 1. The van der Waals surface area contributed by atoms with E-state index < -0.39 is 0 Å². The molecule has 2 heterocycles. The number of hydrogen-bond acceptors (Lipinski definition) is 2. The number of hydrogen-bond donors (Lipinski definition) is 1. The summed E-state index contributed by atoms with van der Waals surface area (Å²) in [5, 5.41) is 0. The molecule has 112 valence electrons. The number of nitrogens with one attached hydrogen (secondary N) is 1. The van der Waals surface area contributed by atoms with Crippen molar-refractivity contribution in [3.05, 3.63) is 46.5 Å². The van der Waals surface area contributed by atoms with Crippen LogP contribution in [0.2, 0.25) is 0 Å². The van der Waals surface area contributed by atoms with E-state index in [0.717, 1.165) is 37.7 Å². The Kier molecular flexibility index (Phi) is 4.24. The Bertz CT molecular complexity index is 683. The van der Waals surface area contributed by atoms with Gasteiger partial charge in [0.25, 0.3) is 0 Å². The quantitative estimate of drug-likeness (QED) is 0.869. The molecule has 0 bridgehead atoms. The average Bonchev–Trinajstić information content (AvgIpc) is 2.84. The zero-order chi connectivity index (χ0) is 14.8. The number of benzene rings is 1. The van der Waals surface area contributed by atoms with Gasteiger partial charge < -0.3 is 9.64 Å². The van der Waals surface area contributed by atoms with Crippen LogP contribution in [-0.4, -0.2) is 35.4 Å². The summed E-state index contributed by atoms with van der Waals surface area (Å²) in [6.45, 7) is 9.00. The molecule has 0 saturated carbocycles. The number of aryl methyl sites for hydroxylation is 1. The summed E-state index contributed by atoms with van der Waals surface area (Å²) in [6.07, 6.45) is 4.16. The second-order valence-electron chi connectivity index (χ2n) is 5.66. The van der Waals surface area contributed by atoms with Crippen molar-refractivity contribution in [2.45, 2.75) is 20.5 Å². The summed E-state index contributed by atoms with van der Waals surface area (Å²) >= 11 is 5.66. The molecule has 1 N–H and O–H groups in total. The third-order valence-corrected chi connectivity index (χ3v) is 4.71. The smallest absolute Gasteiger partial charge is 0.188 e. The summed E-state index contributed by atoms with van der Waals surface area (Å²) in [5.74, 6) is 0. The first-order valence-electron chi connectivity index (χ1n) is 7.42. The fourth-order valence-electron chi connectivity index (χ4n) is 2.77. The van der Waals surface area contributed by atoms with Crippen molar-refractivity contribution in [1.29, 1.82) is 0 Å². The third-order valence-electron chi connectivity index (χ3n) is 4.28. The van der Waals surface area contributed by atoms with E-state index in [1.165, 1.54) is 21.7 Å². The van der Waals surface area contributed by atoms with Crippen LogP contribution in [0.25, 0.3) is 5.69 Å². The molecule has 3 rings (SSSR count). The Morgan fingerprint density at radius 1 is 1.19 bits per heavy atom. The Balaban J connectivity index is 1.88. The number of quaternary nitrogens is 1. The fraction of sp³-hybridized carbons (Fsp3) is 0.438. The van der Waals surface area contributed by atoms with Crippen molar-refractivity contribution >= 4 is 12.2 Å². The Morgan fingerprint density at radius 3 is 2.71 bits per heavy atom. The predicted octanol–water partition coefficient (Wildman–Crippen LogP) is 1.50. The van der Waals surface area contributed by atoms with Crippen LogP contribution in [0.4, 0.5) is 0 Å². The summed E-state index contributed by atoms with van der Waals surface area (Å²) in [5.41, 5.74) is 3.75. The van der Waals surface area contributed by atoms with Gasteiger partial charge in [0.15, 0.2) is 11.4 Å². The van der Waals surface area contributed by atoms with Crippen molar-refractivity contribution in [3.8, 4) is 5.69 Å². The molecular formula is C16H22N3OS+. The Labute approximate surface area is 130 Å². The SMILES string of the molecule is Cc1cccc(-n2ccn(C[NH+]3CCOCC3)c2=S)c1C. The van der Waals surface area contributed by atoms with Gasteiger partial charge in [-0.25, -0.2) is 0 Å². The van der Waals surface area contributed by atoms with Crippen LogP contribution in [-0.2, 0) is 11.4 Å². The van der Waals surface area contributed by atoms with E-state index >= 15 is 0 Å². The monoisotopic (exact) mass is 304 g/mol. The van der Waals surface area contributed by atoms with Crippen LogP contribution in [0.3, 0.4) is 0 Å². The van der Waals surface area contributed by atoms with Crippen LogP contribution in [0, 0.1) is 18.6 Å². The maximum absolute atomic E-state index is 5.66. The van der Waals surface area contributed by atoms with E-state index in [4.69, 9.17) is 17.0 Å². The molecule has 0 spiro atoms. The standard InChI is InChI=1S/C16H21N3OS/c1-13-4-3-5-15(14(13)2)19-7-6-18(16(19)21)12-17-8-10-20-11-9-17/h3-7H,8-12H2,1-2H3/p+1. The van der Waals surface area contributed by atoms with Crippen LogP contribution in [0.5, 0.6) is 0 Å². The lowest BCUT2D eigenvalue weighted by Gasteiger charge is -2.23. The molecule has 0 aliphatic carbocycles. The Morgan fingerprint density at radius 2 is 1.95 bits per heavy atom. The topological polar surface area (TPSA) is 23.5 Å². The zero-order valence-corrected chi connectivity index (χ0v) is 13.4. The number of rotatable bonds is 3. The van der Waals surface area contributed by atoms with Gasteiger partial charge in [-0.3, -0.25) is 9.13 Å². The van der Waals surface area contributed by atoms with Crippen LogP contribution in [0.15, 0.2) is 30.6 Å². The molecule has 1 aromatic heterocycles. The van der Waals surface area contributed by atoms with Crippen molar-refractivity contribution < 1.29 is 9.64 Å². The van der Waals surface area contributed by atoms with E-state index in [0.29, 0.717) is 0 Å². The van der Waals surface area contributed by atoms with Crippen molar-refractivity contribution in [1.82, 2.24) is 9.13 Å². The van der Waals surface area contributed by atoms with Gasteiger partial charge in [-0.2, -0.15) is 0 Å². The van der Waals surface area contributed by atoms with Gasteiger partial charge in [-0.1, -0.05) is 12.1 Å². The molecule has 0 atom stereocenters. The summed E-state index contributed by atoms with van der Waals surface area (Å²) in [4.78, 5) is 1.52. The van der Waals surface area contributed by atoms with Gasteiger partial charge in [-0.05, 0) is 43.3 Å². The molecule has 0 radical (unpaired) electrons. The molecular weight excluding hydrogens is 282 g/mol. The molecule has 21 heavy (non-hydrogen) atoms. The van der Waals surface area contributed by atoms with Gasteiger partial charge in [0.2, 0.25) is 0 Å². The molecule has 1 fully saturated rings. The van der Waals surface area contributed by atoms with Gasteiger partial charge in [-0.15, -0.1) is 0 Å². The largest absolute Gasteiger partial charge is 0.370 e. The number of morpholine rings is 1. The van der Waals surface area contributed by atoms with E-state index in [-0.39, 0.29) is 0 Å². The fourth-order valence-corrected chi connectivity index (χ4v) is 3.06. The lowest BCUT2D eigenvalue weighted by atomic mass is 10.1. The van der Waals surface area contributed by atoms with Gasteiger partial charge in [0.05, 0.1) is 18.9 Å². The highest BCUT2D eigenvalue weighted by atomic mass is 32.1. The lowest BCUT2D eigenvalue weighted by molar-refractivity contribution is -0.930. The number of ether oxygens (including phenoxy) is 1. The van der Waals surface area contributed by atoms with Crippen molar-refractivity contribution in [2.75, 3.05) is 26.3 Å². The van der Waals surface area contributed by atoms with Crippen LogP contribution in [0.1, 0.15) is 11.1 Å². The molecule has 1 aliphatic rings. The third kappa shape index (κ3) is 2.95. The molecule has 1 aliphatic heterocycles. The number of nitrogens with zero attached hydrogens (tertiary/aromatic N) is 2. The summed E-state index contributed by atoms with van der Waals surface area (Å²) in [7, 11) is 0. The number of aromatic nitrogens is 2. The first-order valence-corrected chi connectivity index (χ1v) is 7.83. The molecule has 1 aromatic carbocycles. The maximum atomic E-state index is 5.66. The lowest BCUT2D eigenvalue weighted by Crippen LogP contribution is -3.13. The maximum Gasteiger partial charge on any atom is 0.188 e. The van der Waals surface area contributed by atoms with Gasteiger partial charge in [0.1, 0.15) is 13.1 Å². The van der Waals surface area contributed by atoms with Crippen molar-refractivity contribution in [2.24, 2.45) is 0 Å². The average molecular weight is 304 g/mol. The minimum atomic E-state index is 0.848. The second-order valence-corrected chi connectivity index (χ2v) is 6.03. The van der Waals surface area contributed by atoms with E-state index in [1.807, 2.05) is 0 Å². The first kappa shape index (κ1) is 14.5.